The molecular formula is C17H23N3O2. The van der Waals surface area contributed by atoms with E-state index < -0.39 is 0 Å². The molecule has 0 saturated carbocycles. The van der Waals surface area contributed by atoms with Gasteiger partial charge in [0.05, 0.1) is 0 Å². The number of benzene rings is 1. The predicted molar refractivity (Wildman–Crippen MR) is 86.8 cm³/mol. The first kappa shape index (κ1) is 14.9. The Morgan fingerprint density at radius 1 is 1.09 bits per heavy atom. The molecule has 5 nitrogen and oxygen atoms in total. The first-order valence-corrected chi connectivity index (χ1v) is 8.07. The second-order valence-electron chi connectivity index (χ2n) is 6.36. The minimum absolute atomic E-state index is 0.183. The van der Waals surface area contributed by atoms with E-state index >= 15 is 0 Å². The maximum atomic E-state index is 11.8. The van der Waals surface area contributed by atoms with E-state index in [0.29, 0.717) is 12.8 Å². The molecule has 0 aliphatic carbocycles. The molecule has 0 spiro atoms. The summed E-state index contributed by atoms with van der Waals surface area (Å²) < 4.78 is 0. The van der Waals surface area contributed by atoms with E-state index in [1.807, 2.05) is 12.1 Å². The van der Waals surface area contributed by atoms with E-state index in [0.717, 1.165) is 24.7 Å². The van der Waals surface area contributed by atoms with Crippen LogP contribution >= 0.6 is 0 Å². The Bertz CT molecular complexity index is 548. The number of nitrogens with zero attached hydrogens (tertiary/aromatic N) is 1. The number of imide groups is 1. The Hall–Kier alpha value is -2.04. The quantitative estimate of drug-likeness (QED) is 0.840. The molecule has 2 aliphatic rings. The molecule has 3 rings (SSSR count). The van der Waals surface area contributed by atoms with Crippen molar-refractivity contribution >= 4 is 23.2 Å². The fourth-order valence-corrected chi connectivity index (χ4v) is 3.07. The summed E-state index contributed by atoms with van der Waals surface area (Å²) in [4.78, 5) is 25.3. The van der Waals surface area contributed by atoms with Gasteiger partial charge in [-0.3, -0.25) is 14.9 Å². The largest absolute Gasteiger partial charge is 0.374 e. The van der Waals surface area contributed by atoms with Crippen LogP contribution in [-0.4, -0.2) is 30.9 Å². The lowest BCUT2D eigenvalue weighted by molar-refractivity contribution is -0.133. The maximum absolute atomic E-state index is 11.8. The summed E-state index contributed by atoms with van der Waals surface area (Å²) in [7, 11) is 0. The Morgan fingerprint density at radius 2 is 1.77 bits per heavy atom. The number of amides is 2. The highest BCUT2D eigenvalue weighted by atomic mass is 16.2. The number of rotatable bonds is 3. The van der Waals surface area contributed by atoms with Crippen LogP contribution in [0.25, 0.3) is 0 Å². The number of nitrogens with one attached hydrogen (secondary N) is 2. The summed E-state index contributed by atoms with van der Waals surface area (Å²) >= 11 is 0. The fraction of sp³-hybridized carbons (Fsp3) is 0.529. The maximum Gasteiger partial charge on any atom is 0.249 e. The molecule has 22 heavy (non-hydrogen) atoms. The number of hydrogen-bond acceptors (Lipinski definition) is 4. The number of carbonyl (C=O) groups is 2. The Balaban J connectivity index is 1.59. The van der Waals surface area contributed by atoms with Gasteiger partial charge in [0.15, 0.2) is 0 Å². The standard InChI is InChI=1S/C17H23N3O2/c1-12-8-10-20(11-9-12)14-4-2-13(3-5-14)18-15-6-7-16(21)19-17(15)22/h2-5,12,15,18H,6-11H2,1H3,(H,19,21,22). The number of carbonyl (C=O) groups excluding carboxylic acids is 2. The smallest absolute Gasteiger partial charge is 0.249 e. The van der Waals surface area contributed by atoms with Crippen molar-refractivity contribution in [3.63, 3.8) is 0 Å². The van der Waals surface area contributed by atoms with Crippen LogP contribution in [0.4, 0.5) is 11.4 Å². The molecule has 1 atom stereocenters. The fourth-order valence-electron chi connectivity index (χ4n) is 3.07. The van der Waals surface area contributed by atoms with Gasteiger partial charge in [0.25, 0.3) is 0 Å². The lowest BCUT2D eigenvalue weighted by Crippen LogP contribution is -2.47. The van der Waals surface area contributed by atoms with Crippen LogP contribution in [0.3, 0.4) is 0 Å². The van der Waals surface area contributed by atoms with Crippen LogP contribution in [-0.2, 0) is 9.59 Å². The summed E-state index contributed by atoms with van der Waals surface area (Å²) in [5, 5.41) is 5.57. The van der Waals surface area contributed by atoms with Gasteiger partial charge >= 0.3 is 0 Å². The first-order chi connectivity index (χ1) is 10.6. The second kappa shape index (κ2) is 6.38. The normalized spacial score (nSPS) is 23.3. The van der Waals surface area contributed by atoms with Crippen molar-refractivity contribution in [3.05, 3.63) is 24.3 Å². The van der Waals surface area contributed by atoms with Crippen LogP contribution in [0.15, 0.2) is 24.3 Å². The zero-order chi connectivity index (χ0) is 15.5. The molecule has 0 aromatic heterocycles. The molecule has 2 heterocycles. The van der Waals surface area contributed by atoms with Gasteiger partial charge in [0.1, 0.15) is 6.04 Å². The van der Waals surface area contributed by atoms with E-state index in [1.165, 1.54) is 18.5 Å². The highest BCUT2D eigenvalue weighted by Crippen LogP contribution is 2.24. The Morgan fingerprint density at radius 3 is 2.41 bits per heavy atom. The first-order valence-electron chi connectivity index (χ1n) is 8.07. The van der Waals surface area contributed by atoms with Crippen molar-refractivity contribution in [2.45, 2.75) is 38.6 Å². The van der Waals surface area contributed by atoms with Crippen molar-refractivity contribution in [1.82, 2.24) is 5.32 Å². The number of hydrogen-bond donors (Lipinski definition) is 2. The molecule has 2 aliphatic heterocycles. The number of anilines is 2. The summed E-state index contributed by atoms with van der Waals surface area (Å²) in [6.07, 6.45) is 3.44. The molecule has 1 aromatic rings. The molecule has 0 bridgehead atoms. The highest BCUT2D eigenvalue weighted by molar-refractivity contribution is 6.01. The van der Waals surface area contributed by atoms with Crippen LogP contribution in [0.1, 0.15) is 32.6 Å². The van der Waals surface area contributed by atoms with Gasteiger partial charge in [-0.1, -0.05) is 6.92 Å². The Kier molecular flexibility index (Phi) is 4.32. The monoisotopic (exact) mass is 301 g/mol. The Labute approximate surface area is 131 Å². The SMILES string of the molecule is CC1CCN(c2ccc(NC3CCC(=O)NC3=O)cc2)CC1. The predicted octanol–water partition coefficient (Wildman–Crippen LogP) is 2.14. The highest BCUT2D eigenvalue weighted by Gasteiger charge is 2.26. The van der Waals surface area contributed by atoms with Crippen molar-refractivity contribution in [2.24, 2.45) is 5.92 Å². The minimum atomic E-state index is -0.320. The summed E-state index contributed by atoms with van der Waals surface area (Å²) in [5.74, 6) is 0.410. The molecule has 2 amide bonds. The molecule has 1 unspecified atom stereocenters. The number of piperidine rings is 2. The van der Waals surface area contributed by atoms with Crippen LogP contribution in [0, 0.1) is 5.92 Å². The summed E-state index contributed by atoms with van der Waals surface area (Å²) in [6, 6.07) is 7.90. The molecule has 118 valence electrons. The van der Waals surface area contributed by atoms with E-state index in [4.69, 9.17) is 0 Å². The lowest BCUT2D eigenvalue weighted by Gasteiger charge is -2.32. The van der Waals surface area contributed by atoms with Crippen molar-refractivity contribution in [2.75, 3.05) is 23.3 Å². The zero-order valence-electron chi connectivity index (χ0n) is 13.0. The molecule has 2 N–H and O–H groups in total. The molecule has 5 heteroatoms. The third kappa shape index (κ3) is 3.40. The van der Waals surface area contributed by atoms with Crippen LogP contribution in [0.5, 0.6) is 0 Å². The van der Waals surface area contributed by atoms with Crippen LogP contribution in [0.2, 0.25) is 0 Å². The van der Waals surface area contributed by atoms with E-state index in [9.17, 15) is 9.59 Å². The van der Waals surface area contributed by atoms with E-state index in [1.54, 1.807) is 0 Å². The van der Waals surface area contributed by atoms with Gasteiger partial charge in [0, 0.05) is 30.9 Å². The lowest BCUT2D eigenvalue weighted by atomic mass is 9.99. The molecule has 1 aromatic carbocycles. The average molecular weight is 301 g/mol. The topological polar surface area (TPSA) is 61.4 Å². The molecule has 2 fully saturated rings. The van der Waals surface area contributed by atoms with Gasteiger partial charge in [-0.25, -0.2) is 0 Å². The average Bonchev–Trinajstić information content (AvgIpc) is 2.52. The van der Waals surface area contributed by atoms with Gasteiger partial charge in [-0.05, 0) is 49.4 Å². The van der Waals surface area contributed by atoms with E-state index in [2.05, 4.69) is 34.6 Å². The molecule has 2 saturated heterocycles. The van der Waals surface area contributed by atoms with Crippen molar-refractivity contribution < 1.29 is 9.59 Å². The van der Waals surface area contributed by atoms with Gasteiger partial charge in [0.2, 0.25) is 11.8 Å². The molecule has 0 radical (unpaired) electrons. The van der Waals surface area contributed by atoms with Crippen molar-refractivity contribution in [3.8, 4) is 0 Å². The van der Waals surface area contributed by atoms with Gasteiger partial charge < -0.3 is 10.2 Å². The summed E-state index contributed by atoms with van der Waals surface area (Å²) in [5.41, 5.74) is 2.16. The third-order valence-corrected chi connectivity index (χ3v) is 4.60. The molecular weight excluding hydrogens is 278 g/mol. The third-order valence-electron chi connectivity index (χ3n) is 4.60. The second-order valence-corrected chi connectivity index (χ2v) is 6.36. The minimum Gasteiger partial charge on any atom is -0.374 e. The van der Waals surface area contributed by atoms with Gasteiger partial charge in [-0.2, -0.15) is 0 Å². The van der Waals surface area contributed by atoms with E-state index in [-0.39, 0.29) is 17.9 Å². The summed E-state index contributed by atoms with van der Waals surface area (Å²) in [6.45, 7) is 4.53. The van der Waals surface area contributed by atoms with Crippen LogP contribution < -0.4 is 15.5 Å². The van der Waals surface area contributed by atoms with Crippen molar-refractivity contribution in [1.29, 1.82) is 0 Å². The zero-order valence-corrected chi connectivity index (χ0v) is 13.0. The van der Waals surface area contributed by atoms with Gasteiger partial charge in [-0.15, -0.1) is 0 Å².